The first-order valence-corrected chi connectivity index (χ1v) is 8.70. The number of likely N-dealkylation sites (N-methyl/N-ethyl adjacent to an activating group) is 1. The van der Waals surface area contributed by atoms with Crippen LogP contribution < -0.4 is 0 Å². The number of halogens is 1. The second-order valence-electron chi connectivity index (χ2n) is 6.32. The first-order chi connectivity index (χ1) is 11.0. The molecule has 0 N–H and O–H groups in total. The van der Waals surface area contributed by atoms with Gasteiger partial charge in [-0.3, -0.25) is 14.5 Å². The minimum atomic E-state index is -0.736. The van der Waals surface area contributed by atoms with Crippen LogP contribution in [0.25, 0.3) is 0 Å². The average Bonchev–Trinajstić information content (AvgIpc) is 3.16. The Morgan fingerprint density at radius 3 is 2.96 bits per heavy atom. The van der Waals surface area contributed by atoms with Crippen LogP contribution in [0, 0.1) is 6.92 Å². The molecule has 0 aliphatic carbocycles. The summed E-state index contributed by atoms with van der Waals surface area (Å²) in [5, 5.41) is 7.86. The monoisotopic (exact) mass is 338 g/mol. The maximum Gasteiger partial charge on any atom is 0.114 e. The highest BCUT2D eigenvalue weighted by atomic mass is 32.1. The number of hydrogen-bond acceptors (Lipinski definition) is 6. The van der Waals surface area contributed by atoms with E-state index in [1.54, 1.807) is 22.2 Å². The summed E-state index contributed by atoms with van der Waals surface area (Å²) in [6.07, 6.45) is 1.65. The number of aryl methyl sites for hydroxylation is 2. The molecule has 2 aromatic heterocycles. The van der Waals surface area contributed by atoms with Crippen molar-refractivity contribution >= 4 is 11.3 Å². The van der Waals surface area contributed by atoms with Gasteiger partial charge in [0.15, 0.2) is 0 Å². The van der Waals surface area contributed by atoms with Gasteiger partial charge in [-0.2, -0.15) is 0 Å². The number of nitrogens with zero attached hydrogens (tertiary/aromatic N) is 6. The number of likely N-dealkylation sites (tertiary alicyclic amines) is 1. The van der Waals surface area contributed by atoms with E-state index >= 15 is 0 Å². The number of thiazole rings is 1. The van der Waals surface area contributed by atoms with Crippen LogP contribution in [0.4, 0.5) is 4.39 Å². The fourth-order valence-electron chi connectivity index (χ4n) is 3.12. The van der Waals surface area contributed by atoms with Crippen molar-refractivity contribution in [2.24, 2.45) is 7.05 Å². The Morgan fingerprint density at radius 1 is 1.48 bits per heavy atom. The molecule has 8 heteroatoms. The molecular formula is C15H23FN6S. The van der Waals surface area contributed by atoms with Crippen LogP contribution in [0.5, 0.6) is 0 Å². The van der Waals surface area contributed by atoms with E-state index in [1.807, 2.05) is 19.5 Å². The Morgan fingerprint density at radius 2 is 2.30 bits per heavy atom. The first-order valence-electron chi connectivity index (χ1n) is 7.82. The van der Waals surface area contributed by atoms with Crippen molar-refractivity contribution < 1.29 is 4.39 Å². The normalized spacial score (nSPS) is 22.3. The number of alkyl halides is 1. The molecule has 1 fully saturated rings. The maximum absolute atomic E-state index is 13.9. The molecule has 0 radical (unpaired) electrons. The summed E-state index contributed by atoms with van der Waals surface area (Å²) in [7, 11) is 3.96. The van der Waals surface area contributed by atoms with Gasteiger partial charge in [-0.05, 0) is 20.4 Å². The number of rotatable bonds is 6. The zero-order valence-corrected chi connectivity index (χ0v) is 14.6. The van der Waals surface area contributed by atoms with Gasteiger partial charge < -0.3 is 0 Å². The average molecular weight is 338 g/mol. The Hall–Kier alpha value is -1.38. The number of aromatic nitrogens is 4. The SMILES string of the molecule is Cc1ncsc1CN1C[C@@H](F)C[C@H]1CN(C)Cc1cnnn1C. The highest BCUT2D eigenvalue weighted by Gasteiger charge is 2.33. The van der Waals surface area contributed by atoms with Gasteiger partial charge in [-0.15, -0.1) is 16.4 Å². The molecule has 23 heavy (non-hydrogen) atoms. The second kappa shape index (κ2) is 7.02. The molecule has 1 aliphatic rings. The van der Waals surface area contributed by atoms with E-state index < -0.39 is 6.17 Å². The Balaban J connectivity index is 1.60. The largest absolute Gasteiger partial charge is 0.299 e. The van der Waals surface area contributed by atoms with Crippen LogP contribution in [0.2, 0.25) is 0 Å². The van der Waals surface area contributed by atoms with Crippen molar-refractivity contribution in [2.45, 2.75) is 38.6 Å². The smallest absolute Gasteiger partial charge is 0.114 e. The lowest BCUT2D eigenvalue weighted by Gasteiger charge is -2.28. The lowest BCUT2D eigenvalue weighted by molar-refractivity contribution is 0.179. The summed E-state index contributed by atoms with van der Waals surface area (Å²) in [5.41, 5.74) is 3.99. The molecule has 6 nitrogen and oxygen atoms in total. The quantitative estimate of drug-likeness (QED) is 0.801. The summed E-state index contributed by atoms with van der Waals surface area (Å²) in [6.45, 7) is 4.94. The molecular weight excluding hydrogens is 315 g/mol. The van der Waals surface area contributed by atoms with Crippen molar-refractivity contribution in [1.82, 2.24) is 29.8 Å². The zero-order valence-electron chi connectivity index (χ0n) is 13.8. The lowest BCUT2D eigenvalue weighted by atomic mass is 10.2. The van der Waals surface area contributed by atoms with Gasteiger partial charge in [-0.25, -0.2) is 9.37 Å². The molecule has 2 atom stereocenters. The minimum Gasteiger partial charge on any atom is -0.299 e. The molecule has 126 valence electrons. The van der Waals surface area contributed by atoms with Gasteiger partial charge in [0.25, 0.3) is 0 Å². The fraction of sp³-hybridized carbons (Fsp3) is 0.667. The van der Waals surface area contributed by atoms with E-state index in [2.05, 4.69) is 32.1 Å². The summed E-state index contributed by atoms with van der Waals surface area (Å²) in [5.74, 6) is 0. The minimum absolute atomic E-state index is 0.234. The van der Waals surface area contributed by atoms with Crippen LogP contribution in [-0.2, 0) is 20.1 Å². The Labute approximate surface area is 139 Å². The predicted molar refractivity (Wildman–Crippen MR) is 87.9 cm³/mol. The van der Waals surface area contributed by atoms with Gasteiger partial charge in [0.1, 0.15) is 6.17 Å². The molecule has 0 saturated carbocycles. The summed E-state index contributed by atoms with van der Waals surface area (Å²) in [6, 6.07) is 0.234. The first kappa shape index (κ1) is 16.5. The van der Waals surface area contributed by atoms with E-state index in [-0.39, 0.29) is 6.04 Å². The maximum atomic E-state index is 13.9. The van der Waals surface area contributed by atoms with Crippen molar-refractivity contribution in [3.05, 3.63) is 28.0 Å². The molecule has 1 saturated heterocycles. The molecule has 3 rings (SSSR count). The predicted octanol–water partition coefficient (Wildman–Crippen LogP) is 1.62. The van der Waals surface area contributed by atoms with E-state index in [4.69, 9.17) is 0 Å². The highest BCUT2D eigenvalue weighted by Crippen LogP contribution is 2.25. The Bertz CT molecular complexity index is 641. The van der Waals surface area contributed by atoms with Crippen molar-refractivity contribution in [2.75, 3.05) is 20.1 Å². The summed E-state index contributed by atoms with van der Waals surface area (Å²) in [4.78, 5) is 10.0. The summed E-state index contributed by atoms with van der Waals surface area (Å²) < 4.78 is 15.7. The molecule has 3 heterocycles. The molecule has 2 aromatic rings. The summed E-state index contributed by atoms with van der Waals surface area (Å²) >= 11 is 1.66. The van der Waals surface area contributed by atoms with E-state index in [0.717, 1.165) is 31.0 Å². The zero-order chi connectivity index (χ0) is 16.4. The standard InChI is InChI=1S/C15H23FN6S/c1-11-15(23-10-17-11)9-22-6-12(16)4-13(22)7-20(2)8-14-5-18-19-21(14)3/h5,10,12-13H,4,6-9H2,1-3H3/t12-,13-/m0/s1. The third kappa shape index (κ3) is 3.94. The third-order valence-corrected chi connectivity index (χ3v) is 5.35. The van der Waals surface area contributed by atoms with Crippen LogP contribution in [0.15, 0.2) is 11.7 Å². The molecule has 0 bridgehead atoms. The fourth-order valence-corrected chi connectivity index (χ4v) is 3.93. The molecule has 0 aromatic carbocycles. The second-order valence-corrected chi connectivity index (χ2v) is 7.26. The van der Waals surface area contributed by atoms with Crippen LogP contribution in [-0.4, -0.2) is 62.1 Å². The third-order valence-electron chi connectivity index (χ3n) is 4.43. The van der Waals surface area contributed by atoms with Gasteiger partial charge in [0.05, 0.1) is 23.1 Å². The van der Waals surface area contributed by atoms with Crippen LogP contribution in [0.1, 0.15) is 22.7 Å². The molecule has 0 amide bonds. The van der Waals surface area contributed by atoms with E-state index in [1.165, 1.54) is 4.88 Å². The number of hydrogen-bond donors (Lipinski definition) is 0. The van der Waals surface area contributed by atoms with Crippen molar-refractivity contribution in [1.29, 1.82) is 0 Å². The Kier molecular flexibility index (Phi) is 5.03. The lowest BCUT2D eigenvalue weighted by Crippen LogP contribution is -2.38. The molecule has 0 unspecified atom stereocenters. The van der Waals surface area contributed by atoms with Gasteiger partial charge in [0.2, 0.25) is 0 Å². The van der Waals surface area contributed by atoms with Gasteiger partial charge in [-0.1, -0.05) is 5.21 Å². The van der Waals surface area contributed by atoms with E-state index in [9.17, 15) is 4.39 Å². The topological polar surface area (TPSA) is 50.1 Å². The van der Waals surface area contributed by atoms with Gasteiger partial charge in [0, 0.05) is 44.1 Å². The van der Waals surface area contributed by atoms with E-state index in [0.29, 0.717) is 13.0 Å². The van der Waals surface area contributed by atoms with Crippen molar-refractivity contribution in [3.63, 3.8) is 0 Å². The molecule has 0 spiro atoms. The van der Waals surface area contributed by atoms with Crippen LogP contribution in [0.3, 0.4) is 0 Å². The highest BCUT2D eigenvalue weighted by molar-refractivity contribution is 7.09. The van der Waals surface area contributed by atoms with Crippen molar-refractivity contribution in [3.8, 4) is 0 Å². The van der Waals surface area contributed by atoms with Crippen LogP contribution >= 0.6 is 11.3 Å². The molecule has 1 aliphatic heterocycles. The van der Waals surface area contributed by atoms with Gasteiger partial charge >= 0.3 is 0 Å².